The number of aromatic nitrogens is 2. The summed E-state index contributed by atoms with van der Waals surface area (Å²) in [6.45, 7) is 5.89. The zero-order valence-corrected chi connectivity index (χ0v) is 13.8. The number of piperidine rings is 1. The number of aryl methyl sites for hydroxylation is 1. The second kappa shape index (κ2) is 7.13. The van der Waals surface area contributed by atoms with Gasteiger partial charge in [0.15, 0.2) is 11.6 Å². The first kappa shape index (κ1) is 16.0. The van der Waals surface area contributed by atoms with Crippen molar-refractivity contribution in [2.24, 2.45) is 0 Å². The Bertz CT molecular complexity index is 647. The Kier molecular flexibility index (Phi) is 4.96. The molecule has 0 unspecified atom stereocenters. The van der Waals surface area contributed by atoms with Gasteiger partial charge in [-0.2, -0.15) is 5.10 Å². The molecule has 0 spiro atoms. The Labute approximate surface area is 136 Å². The lowest BCUT2D eigenvalue weighted by atomic mass is 9.91. The highest BCUT2D eigenvalue weighted by Crippen LogP contribution is 2.28. The maximum atomic E-state index is 13.8. The van der Waals surface area contributed by atoms with Crippen LogP contribution in [0.1, 0.15) is 36.8 Å². The van der Waals surface area contributed by atoms with E-state index in [0.29, 0.717) is 11.7 Å². The van der Waals surface area contributed by atoms with Crippen LogP contribution in [0.15, 0.2) is 30.6 Å². The van der Waals surface area contributed by atoms with Crippen LogP contribution < -0.4 is 4.74 Å². The van der Waals surface area contributed by atoms with Crippen molar-refractivity contribution in [3.05, 3.63) is 47.5 Å². The highest BCUT2D eigenvalue weighted by molar-refractivity contribution is 5.29. The number of halogens is 1. The topological polar surface area (TPSA) is 30.3 Å². The van der Waals surface area contributed by atoms with Crippen molar-refractivity contribution in [2.45, 2.75) is 38.8 Å². The summed E-state index contributed by atoms with van der Waals surface area (Å²) in [7, 11) is 1.49. The van der Waals surface area contributed by atoms with Crippen LogP contribution in [0.2, 0.25) is 0 Å². The Hall–Kier alpha value is -1.88. The highest BCUT2D eigenvalue weighted by atomic mass is 19.1. The van der Waals surface area contributed by atoms with Gasteiger partial charge in [-0.15, -0.1) is 0 Å². The van der Waals surface area contributed by atoms with Gasteiger partial charge in [0.1, 0.15) is 0 Å². The van der Waals surface area contributed by atoms with E-state index in [1.165, 1.54) is 12.7 Å². The van der Waals surface area contributed by atoms with Crippen LogP contribution in [0.5, 0.6) is 5.75 Å². The smallest absolute Gasteiger partial charge is 0.165 e. The normalized spacial score (nSPS) is 16.7. The van der Waals surface area contributed by atoms with Crippen molar-refractivity contribution in [3.63, 3.8) is 0 Å². The minimum atomic E-state index is -0.285. The average Bonchev–Trinajstić information content (AvgIpc) is 3.05. The molecular weight excluding hydrogens is 293 g/mol. The first-order valence-electron chi connectivity index (χ1n) is 8.26. The summed E-state index contributed by atoms with van der Waals surface area (Å²) in [5.74, 6) is 0.617. The molecule has 4 nitrogen and oxygen atoms in total. The van der Waals surface area contributed by atoms with Crippen LogP contribution in [0, 0.1) is 5.82 Å². The van der Waals surface area contributed by atoms with E-state index in [0.717, 1.165) is 44.6 Å². The molecular formula is C18H24FN3O. The van der Waals surface area contributed by atoms with Crippen molar-refractivity contribution >= 4 is 0 Å². The number of rotatable bonds is 5. The zero-order valence-electron chi connectivity index (χ0n) is 13.8. The third kappa shape index (κ3) is 3.72. The quantitative estimate of drug-likeness (QED) is 0.846. The molecule has 1 saturated heterocycles. The molecule has 124 valence electrons. The molecule has 0 saturated carbocycles. The Balaban J connectivity index is 1.55. The summed E-state index contributed by atoms with van der Waals surface area (Å²) >= 11 is 0. The second-order valence-corrected chi connectivity index (χ2v) is 6.15. The minimum absolute atomic E-state index is 0.285. The molecule has 1 aliphatic rings. The van der Waals surface area contributed by atoms with E-state index in [1.807, 2.05) is 16.9 Å². The first-order chi connectivity index (χ1) is 11.2. The van der Waals surface area contributed by atoms with Crippen LogP contribution in [-0.2, 0) is 13.1 Å². The standard InChI is InChI=1S/C18H24FN3O/c1-3-22-13-16(11-20-22)15-6-8-21(9-7-15)12-14-4-5-18(23-2)17(19)10-14/h4-5,10-11,13,15H,3,6-9,12H2,1-2H3. The fraction of sp³-hybridized carbons (Fsp3) is 0.500. The lowest BCUT2D eigenvalue weighted by Crippen LogP contribution is -2.32. The largest absolute Gasteiger partial charge is 0.494 e. The number of ether oxygens (including phenoxy) is 1. The molecule has 0 amide bonds. The van der Waals surface area contributed by atoms with E-state index < -0.39 is 0 Å². The number of benzene rings is 1. The SMILES string of the molecule is CCn1cc(C2CCN(Cc3ccc(OC)c(F)c3)CC2)cn1. The van der Waals surface area contributed by atoms with Gasteiger partial charge in [-0.1, -0.05) is 6.07 Å². The molecule has 3 rings (SSSR count). The highest BCUT2D eigenvalue weighted by Gasteiger charge is 2.22. The molecule has 1 fully saturated rings. The van der Waals surface area contributed by atoms with Gasteiger partial charge >= 0.3 is 0 Å². The van der Waals surface area contributed by atoms with Gasteiger partial charge in [0.2, 0.25) is 0 Å². The van der Waals surface area contributed by atoms with E-state index in [2.05, 4.69) is 23.1 Å². The number of nitrogens with zero attached hydrogens (tertiary/aromatic N) is 3. The van der Waals surface area contributed by atoms with Gasteiger partial charge in [-0.3, -0.25) is 9.58 Å². The van der Waals surface area contributed by atoms with E-state index in [9.17, 15) is 4.39 Å². The van der Waals surface area contributed by atoms with E-state index in [1.54, 1.807) is 12.1 Å². The Morgan fingerprint density at radius 2 is 2.09 bits per heavy atom. The van der Waals surface area contributed by atoms with Gasteiger partial charge in [-0.05, 0) is 62.0 Å². The predicted octanol–water partition coefficient (Wildman–Crippen LogP) is 3.43. The summed E-state index contributed by atoms with van der Waals surface area (Å²) in [4.78, 5) is 2.39. The van der Waals surface area contributed by atoms with Crippen molar-refractivity contribution in [1.29, 1.82) is 0 Å². The lowest BCUT2D eigenvalue weighted by Gasteiger charge is -2.31. The molecule has 1 aromatic carbocycles. The molecule has 5 heteroatoms. The maximum absolute atomic E-state index is 13.8. The lowest BCUT2D eigenvalue weighted by molar-refractivity contribution is 0.204. The van der Waals surface area contributed by atoms with Crippen molar-refractivity contribution in [1.82, 2.24) is 14.7 Å². The van der Waals surface area contributed by atoms with Crippen LogP contribution in [0.25, 0.3) is 0 Å². The first-order valence-corrected chi connectivity index (χ1v) is 8.26. The summed E-state index contributed by atoms with van der Waals surface area (Å²) in [6.07, 6.45) is 6.43. The third-order valence-corrected chi connectivity index (χ3v) is 4.66. The average molecular weight is 317 g/mol. The molecule has 0 bridgehead atoms. The van der Waals surface area contributed by atoms with E-state index in [4.69, 9.17) is 4.74 Å². The fourth-order valence-electron chi connectivity index (χ4n) is 3.25. The number of likely N-dealkylation sites (tertiary alicyclic amines) is 1. The summed E-state index contributed by atoms with van der Waals surface area (Å²) < 4.78 is 20.7. The molecule has 0 atom stereocenters. The van der Waals surface area contributed by atoms with Crippen molar-refractivity contribution < 1.29 is 9.13 Å². The van der Waals surface area contributed by atoms with Crippen molar-refractivity contribution in [3.8, 4) is 5.75 Å². The molecule has 1 aromatic heterocycles. The molecule has 23 heavy (non-hydrogen) atoms. The molecule has 2 aromatic rings. The molecule has 1 aliphatic heterocycles. The number of hydrogen-bond donors (Lipinski definition) is 0. The second-order valence-electron chi connectivity index (χ2n) is 6.15. The van der Waals surface area contributed by atoms with Gasteiger partial charge in [0.05, 0.1) is 13.3 Å². The Morgan fingerprint density at radius 1 is 1.30 bits per heavy atom. The fourth-order valence-corrected chi connectivity index (χ4v) is 3.25. The molecule has 2 heterocycles. The Morgan fingerprint density at radius 3 is 2.70 bits per heavy atom. The van der Waals surface area contributed by atoms with Gasteiger partial charge < -0.3 is 4.74 Å². The number of hydrogen-bond acceptors (Lipinski definition) is 3. The molecule has 0 aliphatic carbocycles. The summed E-state index contributed by atoms with van der Waals surface area (Å²) in [5, 5.41) is 4.37. The molecule has 0 N–H and O–H groups in total. The zero-order chi connectivity index (χ0) is 16.2. The van der Waals surface area contributed by atoms with Crippen LogP contribution in [-0.4, -0.2) is 34.9 Å². The monoisotopic (exact) mass is 317 g/mol. The van der Waals surface area contributed by atoms with E-state index in [-0.39, 0.29) is 5.82 Å². The minimum Gasteiger partial charge on any atom is -0.494 e. The van der Waals surface area contributed by atoms with E-state index >= 15 is 0 Å². The third-order valence-electron chi connectivity index (χ3n) is 4.66. The maximum Gasteiger partial charge on any atom is 0.165 e. The van der Waals surface area contributed by atoms with Crippen LogP contribution >= 0.6 is 0 Å². The van der Waals surface area contributed by atoms with Crippen LogP contribution in [0.4, 0.5) is 4.39 Å². The molecule has 0 radical (unpaired) electrons. The summed E-state index contributed by atoms with van der Waals surface area (Å²) in [6, 6.07) is 5.23. The van der Waals surface area contributed by atoms with Gasteiger partial charge in [0, 0.05) is 19.3 Å². The summed E-state index contributed by atoms with van der Waals surface area (Å²) in [5.41, 5.74) is 2.35. The van der Waals surface area contributed by atoms with Gasteiger partial charge in [0.25, 0.3) is 0 Å². The van der Waals surface area contributed by atoms with Gasteiger partial charge in [-0.25, -0.2) is 4.39 Å². The van der Waals surface area contributed by atoms with Crippen LogP contribution in [0.3, 0.4) is 0 Å². The number of methoxy groups -OCH3 is 1. The predicted molar refractivity (Wildman–Crippen MR) is 88.1 cm³/mol. The van der Waals surface area contributed by atoms with Crippen molar-refractivity contribution in [2.75, 3.05) is 20.2 Å².